The molecule has 2 atom stereocenters. The second-order valence-electron chi connectivity index (χ2n) is 7.05. The quantitative estimate of drug-likeness (QED) is 0.774. The first-order valence-electron chi connectivity index (χ1n) is 8.95. The Labute approximate surface area is 138 Å². The standard InChI is InChI=1S/C19H28N2O2/c22-19(23)7-4-10-21-11-8-15(9-12-21)14-20-18-13-17(18)16-5-2-1-3-6-16/h1-3,5-6,15,17-18,20H,4,7-14H2,(H,22,23)/t17-,18+/m0/s1. The zero-order valence-corrected chi connectivity index (χ0v) is 13.8. The van der Waals surface area contributed by atoms with Gasteiger partial charge >= 0.3 is 5.97 Å². The van der Waals surface area contributed by atoms with Gasteiger partial charge in [0.1, 0.15) is 0 Å². The van der Waals surface area contributed by atoms with Crippen LogP contribution in [0.1, 0.15) is 43.6 Å². The van der Waals surface area contributed by atoms with Crippen LogP contribution in [0.3, 0.4) is 0 Å². The molecular weight excluding hydrogens is 288 g/mol. The van der Waals surface area contributed by atoms with Gasteiger partial charge in [0.2, 0.25) is 0 Å². The number of hydrogen-bond acceptors (Lipinski definition) is 3. The molecule has 1 aromatic rings. The predicted molar refractivity (Wildman–Crippen MR) is 91.6 cm³/mol. The topological polar surface area (TPSA) is 52.6 Å². The van der Waals surface area contributed by atoms with E-state index in [4.69, 9.17) is 5.11 Å². The SMILES string of the molecule is O=C(O)CCCN1CCC(CN[C@@H]2C[C@H]2c2ccccc2)CC1. The predicted octanol–water partition coefficient (Wildman–Crippen LogP) is 2.71. The average molecular weight is 316 g/mol. The van der Waals surface area contributed by atoms with Crippen molar-refractivity contribution in [1.29, 1.82) is 0 Å². The van der Waals surface area contributed by atoms with Crippen molar-refractivity contribution in [2.24, 2.45) is 5.92 Å². The van der Waals surface area contributed by atoms with Crippen molar-refractivity contribution in [3.05, 3.63) is 35.9 Å². The molecule has 2 aliphatic rings. The van der Waals surface area contributed by atoms with E-state index in [1.54, 1.807) is 0 Å². The minimum Gasteiger partial charge on any atom is -0.481 e. The highest BCUT2D eigenvalue weighted by Gasteiger charge is 2.38. The first-order valence-corrected chi connectivity index (χ1v) is 8.95. The average Bonchev–Trinajstić information content (AvgIpc) is 3.34. The van der Waals surface area contributed by atoms with Crippen molar-refractivity contribution in [2.45, 2.75) is 44.1 Å². The maximum atomic E-state index is 10.6. The molecule has 3 rings (SSSR count). The molecular formula is C19H28N2O2. The molecule has 1 heterocycles. The molecule has 126 valence electrons. The molecule has 1 aliphatic heterocycles. The number of nitrogens with zero attached hydrogens (tertiary/aromatic N) is 1. The van der Waals surface area contributed by atoms with E-state index in [0.29, 0.717) is 18.4 Å². The third kappa shape index (κ3) is 5.05. The highest BCUT2D eigenvalue weighted by molar-refractivity contribution is 5.66. The summed E-state index contributed by atoms with van der Waals surface area (Å²) in [5.41, 5.74) is 1.47. The molecule has 0 unspecified atom stereocenters. The molecule has 4 nitrogen and oxygen atoms in total. The van der Waals surface area contributed by atoms with E-state index < -0.39 is 5.97 Å². The number of carbonyl (C=O) groups is 1. The minimum atomic E-state index is -0.679. The van der Waals surface area contributed by atoms with Crippen LogP contribution in [0.25, 0.3) is 0 Å². The van der Waals surface area contributed by atoms with Gasteiger partial charge in [0.15, 0.2) is 0 Å². The summed E-state index contributed by atoms with van der Waals surface area (Å²) < 4.78 is 0. The molecule has 23 heavy (non-hydrogen) atoms. The van der Waals surface area contributed by atoms with Crippen LogP contribution in [0.5, 0.6) is 0 Å². The Bertz CT molecular complexity index is 497. The van der Waals surface area contributed by atoms with Crippen LogP contribution < -0.4 is 5.32 Å². The smallest absolute Gasteiger partial charge is 0.303 e. The molecule has 1 aromatic carbocycles. The van der Waals surface area contributed by atoms with Crippen molar-refractivity contribution < 1.29 is 9.90 Å². The molecule has 4 heteroatoms. The van der Waals surface area contributed by atoms with Crippen molar-refractivity contribution >= 4 is 5.97 Å². The summed E-state index contributed by atoms with van der Waals surface area (Å²) in [6.45, 7) is 4.32. The number of benzene rings is 1. The van der Waals surface area contributed by atoms with E-state index in [0.717, 1.165) is 38.5 Å². The van der Waals surface area contributed by atoms with E-state index in [2.05, 4.69) is 40.5 Å². The number of carboxylic acid groups (broad SMARTS) is 1. The molecule has 1 aliphatic carbocycles. The molecule has 0 spiro atoms. The lowest BCUT2D eigenvalue weighted by Crippen LogP contribution is -2.38. The summed E-state index contributed by atoms with van der Waals surface area (Å²) in [5, 5.41) is 12.4. The van der Waals surface area contributed by atoms with Crippen molar-refractivity contribution in [3.8, 4) is 0 Å². The Morgan fingerprint density at radius 2 is 1.96 bits per heavy atom. The van der Waals surface area contributed by atoms with Gasteiger partial charge in [0, 0.05) is 18.4 Å². The van der Waals surface area contributed by atoms with E-state index in [1.165, 1.54) is 24.8 Å². The third-order valence-electron chi connectivity index (χ3n) is 5.26. The number of likely N-dealkylation sites (tertiary alicyclic amines) is 1. The third-order valence-corrected chi connectivity index (χ3v) is 5.26. The van der Waals surface area contributed by atoms with Gasteiger partial charge < -0.3 is 15.3 Å². The van der Waals surface area contributed by atoms with Crippen molar-refractivity contribution in [3.63, 3.8) is 0 Å². The number of carboxylic acids is 1. The van der Waals surface area contributed by atoms with E-state index in [-0.39, 0.29) is 0 Å². The zero-order chi connectivity index (χ0) is 16.1. The van der Waals surface area contributed by atoms with E-state index in [1.807, 2.05) is 0 Å². The van der Waals surface area contributed by atoms with Crippen LogP contribution in [0.4, 0.5) is 0 Å². The first kappa shape index (κ1) is 16.5. The maximum Gasteiger partial charge on any atom is 0.303 e. The fraction of sp³-hybridized carbons (Fsp3) is 0.632. The van der Waals surface area contributed by atoms with Gasteiger partial charge in [-0.25, -0.2) is 0 Å². The molecule has 0 amide bonds. The number of hydrogen-bond donors (Lipinski definition) is 2. The summed E-state index contributed by atoms with van der Waals surface area (Å²) in [7, 11) is 0. The van der Waals surface area contributed by atoms with Crippen LogP contribution in [0.2, 0.25) is 0 Å². The molecule has 0 aromatic heterocycles. The lowest BCUT2D eigenvalue weighted by atomic mass is 9.96. The highest BCUT2D eigenvalue weighted by atomic mass is 16.4. The molecule has 1 saturated carbocycles. The van der Waals surface area contributed by atoms with Crippen molar-refractivity contribution in [1.82, 2.24) is 10.2 Å². The first-order chi connectivity index (χ1) is 11.2. The Hall–Kier alpha value is -1.39. The Balaban J connectivity index is 1.29. The number of piperidine rings is 1. The molecule has 0 radical (unpaired) electrons. The second-order valence-corrected chi connectivity index (χ2v) is 7.05. The maximum absolute atomic E-state index is 10.6. The number of nitrogens with one attached hydrogen (secondary N) is 1. The van der Waals surface area contributed by atoms with Gasteiger partial charge in [-0.05, 0) is 63.3 Å². The second kappa shape index (κ2) is 7.93. The molecule has 2 fully saturated rings. The van der Waals surface area contributed by atoms with Gasteiger partial charge in [0.25, 0.3) is 0 Å². The van der Waals surface area contributed by atoms with Gasteiger partial charge in [-0.1, -0.05) is 30.3 Å². The number of aliphatic carboxylic acids is 1. The Kier molecular flexibility index (Phi) is 5.68. The molecule has 1 saturated heterocycles. The number of rotatable bonds is 8. The van der Waals surface area contributed by atoms with E-state index >= 15 is 0 Å². The molecule has 2 N–H and O–H groups in total. The van der Waals surface area contributed by atoms with Crippen LogP contribution in [-0.4, -0.2) is 48.2 Å². The summed E-state index contributed by atoms with van der Waals surface area (Å²) in [5.74, 6) is 0.816. The van der Waals surface area contributed by atoms with Crippen LogP contribution in [0, 0.1) is 5.92 Å². The van der Waals surface area contributed by atoms with Gasteiger partial charge in [-0.3, -0.25) is 4.79 Å². The van der Waals surface area contributed by atoms with Gasteiger partial charge in [-0.2, -0.15) is 0 Å². The Morgan fingerprint density at radius 1 is 1.22 bits per heavy atom. The monoisotopic (exact) mass is 316 g/mol. The van der Waals surface area contributed by atoms with E-state index in [9.17, 15) is 4.79 Å². The highest BCUT2D eigenvalue weighted by Crippen LogP contribution is 2.40. The fourth-order valence-corrected chi connectivity index (χ4v) is 3.68. The summed E-state index contributed by atoms with van der Waals surface area (Å²) in [4.78, 5) is 13.0. The summed E-state index contributed by atoms with van der Waals surface area (Å²) in [6.07, 6.45) is 4.83. The molecule has 0 bridgehead atoms. The largest absolute Gasteiger partial charge is 0.481 e. The van der Waals surface area contributed by atoms with Gasteiger partial charge in [0.05, 0.1) is 0 Å². The Morgan fingerprint density at radius 3 is 2.65 bits per heavy atom. The van der Waals surface area contributed by atoms with Crippen molar-refractivity contribution in [2.75, 3.05) is 26.2 Å². The normalized spacial score (nSPS) is 25.4. The van der Waals surface area contributed by atoms with Crippen LogP contribution >= 0.6 is 0 Å². The van der Waals surface area contributed by atoms with Crippen LogP contribution in [0.15, 0.2) is 30.3 Å². The lowest BCUT2D eigenvalue weighted by molar-refractivity contribution is -0.137. The fourth-order valence-electron chi connectivity index (χ4n) is 3.68. The van der Waals surface area contributed by atoms with Crippen LogP contribution in [-0.2, 0) is 4.79 Å². The summed E-state index contributed by atoms with van der Waals surface area (Å²) in [6, 6.07) is 11.5. The zero-order valence-electron chi connectivity index (χ0n) is 13.8. The summed E-state index contributed by atoms with van der Waals surface area (Å²) >= 11 is 0. The van der Waals surface area contributed by atoms with Gasteiger partial charge in [-0.15, -0.1) is 0 Å². The lowest BCUT2D eigenvalue weighted by Gasteiger charge is -2.32. The minimum absolute atomic E-state index is 0.296.